The number of carbonyl (C=O) groups is 1. The fraction of sp³-hybridized carbons (Fsp3) is 0.316. The molecule has 1 aliphatic heterocycles. The number of aromatic nitrogens is 2. The van der Waals surface area contributed by atoms with E-state index in [0.717, 1.165) is 17.6 Å². The molecule has 1 aromatic carbocycles. The van der Waals surface area contributed by atoms with Crippen LogP contribution in [0.4, 0.5) is 10.3 Å². The van der Waals surface area contributed by atoms with Crippen LogP contribution in [-0.4, -0.2) is 48.0 Å². The Morgan fingerprint density at radius 3 is 2.52 bits per heavy atom. The van der Waals surface area contributed by atoms with Crippen molar-refractivity contribution in [1.82, 2.24) is 14.9 Å². The fourth-order valence-corrected chi connectivity index (χ4v) is 2.83. The van der Waals surface area contributed by atoms with E-state index < -0.39 is 0 Å². The molecule has 130 valence electrons. The number of benzene rings is 1. The summed E-state index contributed by atoms with van der Waals surface area (Å²) < 4.78 is 13.0. The lowest BCUT2D eigenvalue weighted by Crippen LogP contribution is -2.35. The van der Waals surface area contributed by atoms with Gasteiger partial charge in [-0.15, -0.1) is 0 Å². The molecule has 3 rings (SSSR count). The van der Waals surface area contributed by atoms with E-state index in [4.69, 9.17) is 0 Å². The van der Waals surface area contributed by atoms with E-state index in [0.29, 0.717) is 30.3 Å². The third kappa shape index (κ3) is 3.68. The summed E-state index contributed by atoms with van der Waals surface area (Å²) in [4.78, 5) is 25.0. The summed E-state index contributed by atoms with van der Waals surface area (Å²) in [5, 5.41) is 0. The lowest BCUT2D eigenvalue weighted by Gasteiger charge is -2.27. The molecule has 0 atom stereocenters. The van der Waals surface area contributed by atoms with Gasteiger partial charge in [0, 0.05) is 33.4 Å². The normalized spacial score (nSPS) is 14.2. The van der Waals surface area contributed by atoms with Gasteiger partial charge in [-0.3, -0.25) is 4.79 Å². The van der Waals surface area contributed by atoms with Gasteiger partial charge in [0.05, 0.1) is 11.3 Å². The van der Waals surface area contributed by atoms with Crippen molar-refractivity contribution in [2.75, 3.05) is 32.1 Å². The molecule has 2 heterocycles. The molecule has 1 aromatic heterocycles. The number of nitrogens with zero attached hydrogens (tertiary/aromatic N) is 4. The van der Waals surface area contributed by atoms with Crippen molar-refractivity contribution >= 4 is 17.4 Å². The second-order valence-electron chi connectivity index (χ2n) is 6.30. The Bertz CT molecular complexity index is 815. The zero-order chi connectivity index (χ0) is 18.0. The molecule has 25 heavy (non-hydrogen) atoms. The van der Waals surface area contributed by atoms with Gasteiger partial charge in [-0.1, -0.05) is 18.2 Å². The van der Waals surface area contributed by atoms with Gasteiger partial charge in [-0.25, -0.2) is 14.4 Å². The van der Waals surface area contributed by atoms with Crippen LogP contribution in [-0.2, 0) is 0 Å². The molecule has 1 aliphatic rings. The van der Waals surface area contributed by atoms with E-state index in [-0.39, 0.29) is 11.7 Å². The molecule has 0 bridgehead atoms. The summed E-state index contributed by atoms with van der Waals surface area (Å²) in [6, 6.07) is 6.47. The number of amides is 1. The van der Waals surface area contributed by atoms with Gasteiger partial charge in [-0.05, 0) is 36.6 Å². The van der Waals surface area contributed by atoms with Crippen LogP contribution in [0.25, 0.3) is 5.57 Å². The zero-order valence-corrected chi connectivity index (χ0v) is 14.7. The Balaban J connectivity index is 1.74. The summed E-state index contributed by atoms with van der Waals surface area (Å²) in [7, 11) is 3.73. The van der Waals surface area contributed by atoms with E-state index in [1.165, 1.54) is 12.1 Å². The highest BCUT2D eigenvalue weighted by Gasteiger charge is 2.22. The maximum Gasteiger partial charge on any atom is 0.257 e. The molecule has 1 amide bonds. The van der Waals surface area contributed by atoms with Crippen molar-refractivity contribution < 1.29 is 9.18 Å². The number of aryl methyl sites for hydroxylation is 1. The minimum absolute atomic E-state index is 0.0581. The molecule has 0 radical (unpaired) electrons. The van der Waals surface area contributed by atoms with E-state index >= 15 is 0 Å². The molecule has 0 saturated heterocycles. The standard InChI is InChI=1S/C19H21FN4O/c1-13-17(12-21-19(22-13)23(2)3)18(25)24-10-8-15(9-11-24)14-4-6-16(20)7-5-14/h4-8,12H,9-11H2,1-3H3. The SMILES string of the molecule is Cc1nc(N(C)C)ncc1C(=O)N1CC=C(c2ccc(F)cc2)CC1. The monoisotopic (exact) mass is 340 g/mol. The molecule has 0 unspecified atom stereocenters. The molecule has 0 N–H and O–H groups in total. The lowest BCUT2D eigenvalue weighted by molar-refractivity contribution is 0.0771. The van der Waals surface area contributed by atoms with Gasteiger partial charge in [-0.2, -0.15) is 0 Å². The molecule has 0 saturated carbocycles. The summed E-state index contributed by atoms with van der Waals surface area (Å²) in [5.74, 6) is 0.289. The third-order valence-corrected chi connectivity index (χ3v) is 4.31. The summed E-state index contributed by atoms with van der Waals surface area (Å²) in [6.45, 7) is 2.98. The molecule has 6 heteroatoms. The lowest BCUT2D eigenvalue weighted by atomic mass is 9.99. The molecule has 0 spiro atoms. The summed E-state index contributed by atoms with van der Waals surface area (Å²) in [6.07, 6.45) is 4.37. The Labute approximate surface area is 146 Å². The molecular weight excluding hydrogens is 319 g/mol. The zero-order valence-electron chi connectivity index (χ0n) is 14.7. The summed E-state index contributed by atoms with van der Waals surface area (Å²) >= 11 is 0. The van der Waals surface area contributed by atoms with Gasteiger partial charge in [0.1, 0.15) is 5.82 Å². The minimum Gasteiger partial charge on any atom is -0.347 e. The van der Waals surface area contributed by atoms with Gasteiger partial charge in [0.2, 0.25) is 5.95 Å². The van der Waals surface area contributed by atoms with Crippen molar-refractivity contribution in [2.45, 2.75) is 13.3 Å². The van der Waals surface area contributed by atoms with Crippen LogP contribution in [0.3, 0.4) is 0 Å². The first-order valence-corrected chi connectivity index (χ1v) is 8.21. The van der Waals surface area contributed by atoms with Gasteiger partial charge < -0.3 is 9.80 Å². The van der Waals surface area contributed by atoms with Gasteiger partial charge in [0.15, 0.2) is 0 Å². The molecule has 5 nitrogen and oxygen atoms in total. The highest BCUT2D eigenvalue weighted by Crippen LogP contribution is 2.24. The largest absolute Gasteiger partial charge is 0.347 e. The quantitative estimate of drug-likeness (QED) is 0.862. The fourth-order valence-electron chi connectivity index (χ4n) is 2.83. The topological polar surface area (TPSA) is 49.3 Å². The number of hydrogen-bond donors (Lipinski definition) is 0. The Kier molecular flexibility index (Phi) is 4.79. The smallest absolute Gasteiger partial charge is 0.257 e. The van der Waals surface area contributed by atoms with Gasteiger partial charge in [0.25, 0.3) is 5.91 Å². The van der Waals surface area contributed by atoms with Crippen LogP contribution >= 0.6 is 0 Å². The van der Waals surface area contributed by atoms with Crippen LogP contribution < -0.4 is 4.90 Å². The first kappa shape index (κ1) is 17.1. The predicted octanol–water partition coefficient (Wildman–Crippen LogP) is 2.92. The first-order chi connectivity index (χ1) is 12.0. The van der Waals surface area contributed by atoms with E-state index in [1.54, 1.807) is 28.1 Å². The molecule has 0 fully saturated rings. The highest BCUT2D eigenvalue weighted by atomic mass is 19.1. The predicted molar refractivity (Wildman–Crippen MR) is 96.0 cm³/mol. The maximum atomic E-state index is 13.0. The van der Waals surface area contributed by atoms with Crippen molar-refractivity contribution in [3.05, 3.63) is 59.2 Å². The van der Waals surface area contributed by atoms with Crippen LogP contribution in [0.15, 0.2) is 36.5 Å². The first-order valence-electron chi connectivity index (χ1n) is 8.21. The van der Waals surface area contributed by atoms with Crippen molar-refractivity contribution in [2.24, 2.45) is 0 Å². The highest BCUT2D eigenvalue weighted by molar-refractivity contribution is 5.95. The number of rotatable bonds is 3. The number of carbonyl (C=O) groups excluding carboxylic acids is 1. The minimum atomic E-state index is -0.242. The second kappa shape index (κ2) is 7.01. The molecule has 0 aliphatic carbocycles. The van der Waals surface area contributed by atoms with Crippen LogP contribution in [0, 0.1) is 12.7 Å². The van der Waals surface area contributed by atoms with Crippen molar-refractivity contribution in [3.8, 4) is 0 Å². The van der Waals surface area contributed by atoms with Crippen molar-refractivity contribution in [1.29, 1.82) is 0 Å². The molecule has 2 aromatic rings. The number of anilines is 1. The maximum absolute atomic E-state index is 13.0. The molecular formula is C19H21FN4O. The Morgan fingerprint density at radius 2 is 1.96 bits per heavy atom. The van der Waals surface area contributed by atoms with E-state index in [1.807, 2.05) is 27.1 Å². The second-order valence-corrected chi connectivity index (χ2v) is 6.30. The number of halogens is 1. The van der Waals surface area contributed by atoms with E-state index in [2.05, 4.69) is 9.97 Å². The van der Waals surface area contributed by atoms with Gasteiger partial charge >= 0.3 is 0 Å². The Hall–Kier alpha value is -2.76. The third-order valence-electron chi connectivity index (χ3n) is 4.31. The van der Waals surface area contributed by atoms with Crippen molar-refractivity contribution in [3.63, 3.8) is 0 Å². The van der Waals surface area contributed by atoms with E-state index in [9.17, 15) is 9.18 Å². The van der Waals surface area contributed by atoms with Crippen LogP contribution in [0.2, 0.25) is 0 Å². The average Bonchev–Trinajstić information content (AvgIpc) is 2.62. The Morgan fingerprint density at radius 1 is 1.24 bits per heavy atom. The van der Waals surface area contributed by atoms with Crippen LogP contribution in [0.1, 0.15) is 28.0 Å². The average molecular weight is 340 g/mol. The number of hydrogen-bond acceptors (Lipinski definition) is 4. The summed E-state index contributed by atoms with van der Waals surface area (Å²) in [5.41, 5.74) is 3.35. The van der Waals surface area contributed by atoms with Crippen LogP contribution in [0.5, 0.6) is 0 Å².